The van der Waals surface area contributed by atoms with E-state index in [0.717, 1.165) is 0 Å². The minimum atomic E-state index is -0.501. The fraction of sp³-hybridized carbons (Fsp3) is 0.429. The third-order valence-corrected chi connectivity index (χ3v) is 2.15. The second-order valence-corrected chi connectivity index (χ2v) is 5.25. The first kappa shape index (κ1) is 15.8. The van der Waals surface area contributed by atoms with Crippen LogP contribution in [0.5, 0.6) is 0 Å². The summed E-state index contributed by atoms with van der Waals surface area (Å²) in [6, 6.07) is 6.49. The zero-order valence-electron chi connectivity index (χ0n) is 12.2. The van der Waals surface area contributed by atoms with Crippen molar-refractivity contribution in [3.63, 3.8) is 0 Å². The Labute approximate surface area is 118 Å². The number of urea groups is 1. The van der Waals surface area contributed by atoms with Gasteiger partial charge in [0.25, 0.3) is 0 Å². The lowest BCUT2D eigenvalue weighted by Gasteiger charge is -2.20. The van der Waals surface area contributed by atoms with Crippen LogP contribution in [0.2, 0.25) is 0 Å². The highest BCUT2D eigenvalue weighted by Crippen LogP contribution is 2.14. The number of carbonyl (C=O) groups excluding carboxylic acids is 2. The van der Waals surface area contributed by atoms with Gasteiger partial charge in [-0.3, -0.25) is 5.32 Å². The van der Waals surface area contributed by atoms with Gasteiger partial charge in [-0.05, 0) is 52.0 Å². The molecule has 20 heavy (non-hydrogen) atoms. The monoisotopic (exact) mass is 279 g/mol. The van der Waals surface area contributed by atoms with E-state index in [4.69, 9.17) is 4.74 Å². The summed E-state index contributed by atoms with van der Waals surface area (Å²) >= 11 is 0. The van der Waals surface area contributed by atoms with Crippen LogP contribution in [0.15, 0.2) is 24.3 Å². The van der Waals surface area contributed by atoms with E-state index in [1.807, 2.05) is 20.8 Å². The molecule has 0 aliphatic rings. The molecule has 1 aromatic rings. The number of rotatable bonds is 3. The number of nitrogens with one attached hydrogen (secondary N) is 3. The summed E-state index contributed by atoms with van der Waals surface area (Å²) in [4.78, 5) is 22.9. The third-order valence-electron chi connectivity index (χ3n) is 2.15. The molecule has 0 saturated heterocycles. The van der Waals surface area contributed by atoms with Crippen molar-refractivity contribution in [2.24, 2.45) is 0 Å². The molecule has 1 aromatic carbocycles. The third kappa shape index (κ3) is 6.08. The predicted octanol–water partition coefficient (Wildman–Crippen LogP) is 3.18. The minimum Gasteiger partial charge on any atom is -0.450 e. The Kier molecular flexibility index (Phi) is 5.37. The first-order chi connectivity index (χ1) is 9.30. The van der Waals surface area contributed by atoms with Crippen LogP contribution in [0.1, 0.15) is 27.7 Å². The van der Waals surface area contributed by atoms with E-state index in [1.54, 1.807) is 31.2 Å². The number of hydrogen-bond acceptors (Lipinski definition) is 3. The first-order valence-corrected chi connectivity index (χ1v) is 6.43. The molecule has 0 spiro atoms. The summed E-state index contributed by atoms with van der Waals surface area (Å²) in [5.74, 6) is 0. The van der Waals surface area contributed by atoms with Crippen molar-refractivity contribution in [2.45, 2.75) is 33.2 Å². The number of carbonyl (C=O) groups is 2. The number of benzene rings is 1. The lowest BCUT2D eigenvalue weighted by Crippen LogP contribution is -2.43. The van der Waals surface area contributed by atoms with Crippen LogP contribution < -0.4 is 16.0 Å². The van der Waals surface area contributed by atoms with E-state index in [2.05, 4.69) is 16.0 Å². The van der Waals surface area contributed by atoms with Crippen molar-refractivity contribution >= 4 is 23.5 Å². The van der Waals surface area contributed by atoms with Crippen molar-refractivity contribution < 1.29 is 14.3 Å². The van der Waals surface area contributed by atoms with Crippen LogP contribution in [0.25, 0.3) is 0 Å². The van der Waals surface area contributed by atoms with Crippen LogP contribution in [-0.4, -0.2) is 24.3 Å². The minimum absolute atomic E-state index is 0.274. The molecule has 3 amide bonds. The molecular weight excluding hydrogens is 258 g/mol. The molecule has 0 aliphatic heterocycles. The summed E-state index contributed by atoms with van der Waals surface area (Å²) in [6.07, 6.45) is -0.501. The molecule has 0 saturated carbocycles. The maximum Gasteiger partial charge on any atom is 0.411 e. The number of amides is 3. The second-order valence-electron chi connectivity index (χ2n) is 5.25. The van der Waals surface area contributed by atoms with Gasteiger partial charge in [-0.25, -0.2) is 9.59 Å². The molecule has 0 unspecified atom stereocenters. The zero-order chi connectivity index (χ0) is 15.2. The molecule has 0 aromatic heterocycles. The highest BCUT2D eigenvalue weighted by atomic mass is 16.5. The Morgan fingerprint density at radius 3 is 2.00 bits per heavy atom. The maximum absolute atomic E-state index is 11.7. The van der Waals surface area contributed by atoms with Gasteiger partial charge in [0, 0.05) is 16.9 Å². The van der Waals surface area contributed by atoms with Crippen LogP contribution in [0.3, 0.4) is 0 Å². The van der Waals surface area contributed by atoms with E-state index >= 15 is 0 Å². The van der Waals surface area contributed by atoms with Crippen molar-refractivity contribution in [2.75, 3.05) is 17.2 Å². The highest BCUT2D eigenvalue weighted by Gasteiger charge is 2.13. The largest absolute Gasteiger partial charge is 0.450 e. The lowest BCUT2D eigenvalue weighted by atomic mass is 10.1. The molecular formula is C14H21N3O3. The van der Waals surface area contributed by atoms with Crippen molar-refractivity contribution in [3.8, 4) is 0 Å². The zero-order valence-corrected chi connectivity index (χ0v) is 12.2. The van der Waals surface area contributed by atoms with E-state index in [0.29, 0.717) is 18.0 Å². The molecule has 110 valence electrons. The molecule has 3 N–H and O–H groups in total. The van der Waals surface area contributed by atoms with Crippen molar-refractivity contribution in [1.29, 1.82) is 0 Å². The van der Waals surface area contributed by atoms with Crippen LogP contribution in [0.4, 0.5) is 21.0 Å². The number of hydrogen-bond donors (Lipinski definition) is 3. The van der Waals surface area contributed by atoms with Gasteiger partial charge in [-0.1, -0.05) is 0 Å². The molecule has 6 nitrogen and oxygen atoms in total. The van der Waals surface area contributed by atoms with Gasteiger partial charge < -0.3 is 15.4 Å². The predicted molar refractivity (Wildman–Crippen MR) is 79.0 cm³/mol. The smallest absolute Gasteiger partial charge is 0.411 e. The quantitative estimate of drug-likeness (QED) is 0.795. The van der Waals surface area contributed by atoms with Crippen molar-refractivity contribution in [3.05, 3.63) is 24.3 Å². The molecule has 0 bridgehead atoms. The van der Waals surface area contributed by atoms with Gasteiger partial charge >= 0.3 is 12.1 Å². The standard InChI is InChI=1S/C14H21N3O3/c1-5-20-13(19)16-11-8-6-10(7-9-11)15-12(18)17-14(2,3)4/h6-9H,5H2,1-4H3,(H,16,19)(H2,15,17,18). The summed E-state index contributed by atoms with van der Waals surface area (Å²) in [5.41, 5.74) is 0.946. The van der Waals surface area contributed by atoms with Crippen molar-refractivity contribution in [1.82, 2.24) is 5.32 Å². The fourth-order valence-electron chi connectivity index (χ4n) is 1.42. The fourth-order valence-corrected chi connectivity index (χ4v) is 1.42. The summed E-state index contributed by atoms with van der Waals surface area (Å²) in [5, 5.41) is 8.07. The van der Waals surface area contributed by atoms with E-state index in [1.165, 1.54) is 0 Å². The van der Waals surface area contributed by atoms with Gasteiger partial charge in [-0.15, -0.1) is 0 Å². The molecule has 0 atom stereocenters. The average Bonchev–Trinajstić information content (AvgIpc) is 2.29. The molecule has 0 aliphatic carbocycles. The Morgan fingerprint density at radius 1 is 1.05 bits per heavy atom. The topological polar surface area (TPSA) is 79.5 Å². The van der Waals surface area contributed by atoms with Gasteiger partial charge in [0.15, 0.2) is 0 Å². The van der Waals surface area contributed by atoms with E-state index < -0.39 is 6.09 Å². The normalized spacial score (nSPS) is 10.6. The van der Waals surface area contributed by atoms with Gasteiger partial charge in [0.1, 0.15) is 0 Å². The molecule has 1 rings (SSSR count). The van der Waals surface area contributed by atoms with E-state index in [-0.39, 0.29) is 11.6 Å². The first-order valence-electron chi connectivity index (χ1n) is 6.43. The van der Waals surface area contributed by atoms with Gasteiger partial charge in [-0.2, -0.15) is 0 Å². The van der Waals surface area contributed by atoms with Crippen LogP contribution in [-0.2, 0) is 4.74 Å². The molecule has 0 radical (unpaired) electrons. The Balaban J connectivity index is 2.54. The Bertz CT molecular complexity index is 464. The Hall–Kier alpha value is -2.24. The number of ether oxygens (including phenoxy) is 1. The summed E-state index contributed by atoms with van der Waals surface area (Å²) < 4.78 is 4.77. The maximum atomic E-state index is 11.7. The van der Waals surface area contributed by atoms with Gasteiger partial charge in [0.05, 0.1) is 6.61 Å². The second kappa shape index (κ2) is 6.79. The Morgan fingerprint density at radius 2 is 1.55 bits per heavy atom. The molecule has 0 heterocycles. The summed E-state index contributed by atoms with van der Waals surface area (Å²) in [6.45, 7) is 7.76. The van der Waals surface area contributed by atoms with E-state index in [9.17, 15) is 9.59 Å². The number of anilines is 2. The molecule has 6 heteroatoms. The summed E-state index contributed by atoms with van der Waals surface area (Å²) in [7, 11) is 0. The van der Waals surface area contributed by atoms with Crippen LogP contribution in [0, 0.1) is 0 Å². The SMILES string of the molecule is CCOC(=O)Nc1ccc(NC(=O)NC(C)(C)C)cc1. The van der Waals surface area contributed by atoms with Crippen LogP contribution >= 0.6 is 0 Å². The highest BCUT2D eigenvalue weighted by molar-refractivity contribution is 5.90. The van der Waals surface area contributed by atoms with Gasteiger partial charge in [0.2, 0.25) is 0 Å². The lowest BCUT2D eigenvalue weighted by molar-refractivity contribution is 0.168. The average molecular weight is 279 g/mol. The molecule has 0 fully saturated rings.